The van der Waals surface area contributed by atoms with Gasteiger partial charge in [-0.3, -0.25) is 9.69 Å². The molecule has 4 aromatic carbocycles. The van der Waals surface area contributed by atoms with Gasteiger partial charge in [0.05, 0.1) is 23.6 Å². The molecule has 4 aromatic rings. The molecule has 43 heavy (non-hydrogen) atoms. The van der Waals surface area contributed by atoms with Crippen LogP contribution in [0.25, 0.3) is 0 Å². The highest BCUT2D eigenvalue weighted by Gasteiger charge is 2.34. The van der Waals surface area contributed by atoms with Crippen molar-refractivity contribution in [2.75, 3.05) is 13.2 Å². The molecule has 0 radical (unpaired) electrons. The van der Waals surface area contributed by atoms with Crippen molar-refractivity contribution in [2.24, 2.45) is 0 Å². The first-order valence-corrected chi connectivity index (χ1v) is 14.1. The Hall–Kier alpha value is -3.52. The van der Waals surface area contributed by atoms with Crippen molar-refractivity contribution in [3.8, 4) is 5.75 Å². The first-order valence-electron chi connectivity index (χ1n) is 13.7. The largest absolute Gasteiger partial charge is 0.494 e. The Morgan fingerprint density at radius 1 is 0.907 bits per heavy atom. The predicted molar refractivity (Wildman–Crippen MR) is 166 cm³/mol. The molecule has 0 saturated heterocycles. The molecular weight excluding hydrogens is 598 g/mol. The monoisotopic (exact) mass is 631 g/mol. The summed E-state index contributed by atoms with van der Waals surface area (Å²) in [5.74, 6) is -0.385. The van der Waals surface area contributed by atoms with Crippen LogP contribution in [-0.2, 0) is 23.9 Å². The van der Waals surface area contributed by atoms with E-state index >= 15 is 0 Å². The molecule has 0 heterocycles. The molecule has 9 heteroatoms. The summed E-state index contributed by atoms with van der Waals surface area (Å²) in [6.07, 6.45) is -4.07. The van der Waals surface area contributed by atoms with Crippen LogP contribution < -0.4 is 4.74 Å². The van der Waals surface area contributed by atoms with E-state index in [0.29, 0.717) is 36.4 Å². The highest BCUT2D eigenvalue weighted by atomic mass is 35.5. The highest BCUT2D eigenvalue weighted by Crippen LogP contribution is 2.37. The van der Waals surface area contributed by atoms with Crippen molar-refractivity contribution >= 4 is 30.0 Å². The van der Waals surface area contributed by atoms with Gasteiger partial charge in [0.15, 0.2) is 0 Å². The van der Waals surface area contributed by atoms with Gasteiger partial charge in [-0.15, -0.1) is 12.4 Å². The average Bonchev–Trinajstić information content (AvgIpc) is 2.96. The van der Waals surface area contributed by atoms with Gasteiger partial charge in [0.2, 0.25) is 0 Å². The number of alkyl halides is 3. The van der Waals surface area contributed by atoms with E-state index in [-0.39, 0.29) is 42.4 Å². The van der Waals surface area contributed by atoms with E-state index in [1.54, 1.807) is 30.3 Å². The lowest BCUT2D eigenvalue weighted by Gasteiger charge is -2.34. The van der Waals surface area contributed by atoms with Crippen LogP contribution in [-0.4, -0.2) is 35.2 Å². The van der Waals surface area contributed by atoms with Gasteiger partial charge in [-0.05, 0) is 53.8 Å². The first-order chi connectivity index (χ1) is 20.1. The number of hydrogen-bond acceptors (Lipinski definition) is 3. The number of carboxylic acids is 1. The molecule has 4 rings (SSSR count). The van der Waals surface area contributed by atoms with Gasteiger partial charge in [-0.25, -0.2) is 0 Å². The van der Waals surface area contributed by atoms with E-state index < -0.39 is 17.7 Å². The average molecular weight is 633 g/mol. The van der Waals surface area contributed by atoms with Crippen LogP contribution in [0.4, 0.5) is 13.2 Å². The summed E-state index contributed by atoms with van der Waals surface area (Å²) in [6, 6.07) is 31.0. The van der Waals surface area contributed by atoms with Crippen molar-refractivity contribution in [3.63, 3.8) is 0 Å². The number of aliphatic carboxylic acids is 1. The van der Waals surface area contributed by atoms with Crippen molar-refractivity contribution in [2.45, 2.75) is 44.4 Å². The summed E-state index contributed by atoms with van der Waals surface area (Å²) in [5.41, 5.74) is 2.40. The van der Waals surface area contributed by atoms with Gasteiger partial charge >= 0.3 is 12.1 Å². The van der Waals surface area contributed by atoms with E-state index in [9.17, 15) is 18.0 Å². The summed E-state index contributed by atoms with van der Waals surface area (Å²) in [4.78, 5) is 13.2. The van der Waals surface area contributed by atoms with E-state index in [0.717, 1.165) is 17.2 Å². The SMILES string of the molecule is C[C@@H](CCOc1cccc(CC(=O)O)c1)N(Cc1cccc(C(F)(F)F)c1Cl)CC(c1ccccc1)c1ccccc1.Cl. The second-order valence-electron chi connectivity index (χ2n) is 10.3. The summed E-state index contributed by atoms with van der Waals surface area (Å²) in [5, 5.41) is 8.80. The Morgan fingerprint density at radius 3 is 2.09 bits per heavy atom. The quantitative estimate of drug-likeness (QED) is 0.160. The van der Waals surface area contributed by atoms with E-state index in [4.69, 9.17) is 21.4 Å². The third-order valence-corrected chi connectivity index (χ3v) is 7.71. The van der Waals surface area contributed by atoms with Gasteiger partial charge in [0.25, 0.3) is 0 Å². The first kappa shape index (κ1) is 34.0. The van der Waals surface area contributed by atoms with Crippen LogP contribution in [0, 0.1) is 0 Å². The van der Waals surface area contributed by atoms with E-state index in [1.165, 1.54) is 6.07 Å². The fraction of sp³-hybridized carbons (Fsp3) is 0.265. The third kappa shape index (κ3) is 9.75. The molecule has 0 aromatic heterocycles. The molecule has 1 atom stereocenters. The number of ether oxygens (including phenoxy) is 1. The molecular formula is C34H34Cl2F3NO3. The molecule has 4 nitrogen and oxygen atoms in total. The lowest BCUT2D eigenvalue weighted by Crippen LogP contribution is -2.37. The minimum atomic E-state index is -4.55. The summed E-state index contributed by atoms with van der Waals surface area (Å²) < 4.78 is 46.9. The number of benzene rings is 4. The molecule has 0 aliphatic carbocycles. The summed E-state index contributed by atoms with van der Waals surface area (Å²) in [7, 11) is 0. The van der Waals surface area contributed by atoms with Crippen molar-refractivity contribution in [1.29, 1.82) is 0 Å². The zero-order valence-corrected chi connectivity index (χ0v) is 25.2. The van der Waals surface area contributed by atoms with Crippen LogP contribution in [0.5, 0.6) is 5.75 Å². The number of carboxylic acid groups (broad SMARTS) is 1. The zero-order chi connectivity index (χ0) is 30.1. The van der Waals surface area contributed by atoms with E-state index in [2.05, 4.69) is 29.2 Å². The Labute approximate surface area is 261 Å². The number of nitrogens with zero attached hydrogens (tertiary/aromatic N) is 1. The predicted octanol–water partition coefficient (Wildman–Crippen LogP) is 8.90. The zero-order valence-electron chi connectivity index (χ0n) is 23.6. The Bertz CT molecular complexity index is 1410. The molecule has 0 bridgehead atoms. The van der Waals surface area contributed by atoms with Gasteiger partial charge in [-0.2, -0.15) is 13.2 Å². The van der Waals surface area contributed by atoms with Gasteiger partial charge < -0.3 is 9.84 Å². The lowest BCUT2D eigenvalue weighted by molar-refractivity contribution is -0.138. The Kier molecular flexibility index (Phi) is 12.5. The van der Waals surface area contributed by atoms with Crippen molar-refractivity contribution in [3.05, 3.63) is 136 Å². The van der Waals surface area contributed by atoms with Crippen LogP contribution in [0.1, 0.15) is 47.1 Å². The number of carbonyl (C=O) groups is 1. The minimum absolute atomic E-state index is 0. The molecule has 0 saturated carbocycles. The number of rotatable bonds is 13. The lowest BCUT2D eigenvalue weighted by atomic mass is 9.90. The Morgan fingerprint density at radius 2 is 1.51 bits per heavy atom. The molecule has 0 spiro atoms. The van der Waals surface area contributed by atoms with Gasteiger partial charge in [0.1, 0.15) is 5.75 Å². The van der Waals surface area contributed by atoms with Crippen molar-refractivity contribution in [1.82, 2.24) is 4.90 Å². The van der Waals surface area contributed by atoms with Gasteiger partial charge in [-0.1, -0.05) is 96.5 Å². The second-order valence-corrected chi connectivity index (χ2v) is 10.7. The highest BCUT2D eigenvalue weighted by molar-refractivity contribution is 6.32. The smallest absolute Gasteiger partial charge is 0.417 e. The minimum Gasteiger partial charge on any atom is -0.494 e. The van der Waals surface area contributed by atoms with Crippen LogP contribution in [0.2, 0.25) is 5.02 Å². The summed E-state index contributed by atoms with van der Waals surface area (Å²) in [6.45, 7) is 3.12. The maximum atomic E-state index is 13.7. The molecule has 0 aliphatic heterocycles. The molecule has 0 aliphatic rings. The maximum Gasteiger partial charge on any atom is 0.417 e. The van der Waals surface area contributed by atoms with Crippen LogP contribution in [0.15, 0.2) is 103 Å². The second kappa shape index (κ2) is 15.8. The standard InChI is InChI=1S/C34H33ClF3NO3.ClH/c1-24(18-19-42-29-16-8-10-25(20-29)21-32(40)41)39(22-28-15-9-17-31(33(28)35)34(36,37)38)23-30(26-11-4-2-5-12-26)27-13-6-3-7-14-27;/h2-17,20,24,30H,18-19,21-23H2,1H3,(H,40,41);1H/t24-;/m0./s1. The molecule has 1 N–H and O–H groups in total. The third-order valence-electron chi connectivity index (χ3n) is 7.26. The maximum absolute atomic E-state index is 13.7. The van der Waals surface area contributed by atoms with Crippen molar-refractivity contribution < 1.29 is 27.8 Å². The van der Waals surface area contributed by atoms with Crippen LogP contribution >= 0.6 is 24.0 Å². The molecule has 0 unspecified atom stereocenters. The molecule has 0 amide bonds. The summed E-state index contributed by atoms with van der Waals surface area (Å²) >= 11 is 6.33. The molecule has 0 fully saturated rings. The topological polar surface area (TPSA) is 49.8 Å². The number of hydrogen-bond donors (Lipinski definition) is 1. The van der Waals surface area contributed by atoms with Crippen LogP contribution in [0.3, 0.4) is 0 Å². The Balaban J connectivity index is 0.00000506. The van der Waals surface area contributed by atoms with Gasteiger partial charge in [0, 0.05) is 25.0 Å². The normalized spacial score (nSPS) is 12.2. The fourth-order valence-electron chi connectivity index (χ4n) is 5.00. The molecule has 228 valence electrons. The fourth-order valence-corrected chi connectivity index (χ4v) is 5.29. The number of halogens is 5. The van der Waals surface area contributed by atoms with E-state index in [1.807, 2.05) is 43.3 Å².